The molecule has 1 fully saturated rings. The number of nitrogens with zero attached hydrogens (tertiary/aromatic N) is 2. The van der Waals surface area contributed by atoms with Crippen LogP contribution in [0.3, 0.4) is 0 Å². The van der Waals surface area contributed by atoms with E-state index in [1.54, 1.807) is 13.0 Å². The molecule has 0 saturated carbocycles. The number of carbonyl (C=O) groups is 1. The third-order valence-electron chi connectivity index (χ3n) is 5.44. The predicted octanol–water partition coefficient (Wildman–Crippen LogP) is 2.96. The summed E-state index contributed by atoms with van der Waals surface area (Å²) >= 11 is 0. The topological polar surface area (TPSA) is 128 Å². The molecule has 1 amide bonds. The Balaban J connectivity index is 1.78. The number of non-ortho nitro benzene ring substituents is 1. The van der Waals surface area contributed by atoms with Crippen molar-refractivity contribution in [3.8, 4) is 11.5 Å². The number of carbonyl (C=O) groups excluding carboxylic acids is 1. The number of methoxy groups -OCH3 is 2. The van der Waals surface area contributed by atoms with E-state index in [2.05, 4.69) is 5.32 Å². The van der Waals surface area contributed by atoms with Crippen molar-refractivity contribution in [2.45, 2.75) is 24.7 Å². The maximum Gasteiger partial charge on any atom is 0.271 e. The molecule has 11 heteroatoms. The molecule has 172 valence electrons. The van der Waals surface area contributed by atoms with Gasteiger partial charge in [0.05, 0.1) is 35.6 Å². The molecule has 2 aromatic rings. The fraction of sp³-hybridized carbons (Fsp3) is 0.381. The van der Waals surface area contributed by atoms with E-state index in [4.69, 9.17) is 9.47 Å². The molecule has 0 bridgehead atoms. The van der Waals surface area contributed by atoms with Crippen LogP contribution in [0.2, 0.25) is 0 Å². The predicted molar refractivity (Wildman–Crippen MR) is 117 cm³/mol. The average molecular weight is 464 g/mol. The van der Waals surface area contributed by atoms with Gasteiger partial charge in [-0.25, -0.2) is 8.42 Å². The number of nitro groups is 1. The van der Waals surface area contributed by atoms with Crippen LogP contribution >= 0.6 is 0 Å². The summed E-state index contributed by atoms with van der Waals surface area (Å²) in [7, 11) is -0.973. The molecule has 1 aliphatic heterocycles. The van der Waals surface area contributed by atoms with Crippen LogP contribution in [0.1, 0.15) is 18.4 Å². The summed E-state index contributed by atoms with van der Waals surface area (Å²) in [6.07, 6.45) is 1.02. The number of ether oxygens (including phenoxy) is 2. The van der Waals surface area contributed by atoms with Gasteiger partial charge >= 0.3 is 0 Å². The van der Waals surface area contributed by atoms with Crippen molar-refractivity contribution in [2.24, 2.45) is 5.92 Å². The molecule has 1 aliphatic rings. The summed E-state index contributed by atoms with van der Waals surface area (Å²) in [4.78, 5) is 23.4. The first-order chi connectivity index (χ1) is 15.2. The second kappa shape index (κ2) is 9.53. The summed E-state index contributed by atoms with van der Waals surface area (Å²) < 4.78 is 38.0. The number of sulfonamides is 1. The smallest absolute Gasteiger partial charge is 0.271 e. The quantitative estimate of drug-likeness (QED) is 0.494. The summed E-state index contributed by atoms with van der Waals surface area (Å²) in [5.41, 5.74) is 0.880. The Labute approximate surface area is 186 Å². The van der Waals surface area contributed by atoms with Gasteiger partial charge in [0.2, 0.25) is 15.9 Å². The number of rotatable bonds is 7. The Kier molecular flexibility index (Phi) is 6.99. The Bertz CT molecular complexity index is 1130. The minimum Gasteiger partial charge on any atom is -0.493 e. The maximum atomic E-state index is 13.2. The van der Waals surface area contributed by atoms with Crippen LogP contribution in [0.5, 0.6) is 11.5 Å². The summed E-state index contributed by atoms with van der Waals surface area (Å²) in [6.45, 7) is 2.03. The van der Waals surface area contributed by atoms with Crippen molar-refractivity contribution in [1.29, 1.82) is 0 Å². The van der Waals surface area contributed by atoms with Crippen LogP contribution in [0.25, 0.3) is 0 Å². The van der Waals surface area contributed by atoms with E-state index in [1.165, 1.54) is 48.9 Å². The highest BCUT2D eigenvalue weighted by Crippen LogP contribution is 2.32. The lowest BCUT2D eigenvalue weighted by molar-refractivity contribution is -0.384. The zero-order chi connectivity index (χ0) is 23.5. The molecular formula is C21H25N3O7S. The maximum absolute atomic E-state index is 13.2. The lowest BCUT2D eigenvalue weighted by Crippen LogP contribution is -2.43. The Morgan fingerprint density at radius 2 is 1.88 bits per heavy atom. The molecule has 0 aliphatic carbocycles. The fourth-order valence-electron chi connectivity index (χ4n) is 3.59. The number of amides is 1. The Morgan fingerprint density at radius 3 is 2.53 bits per heavy atom. The largest absolute Gasteiger partial charge is 0.493 e. The van der Waals surface area contributed by atoms with Crippen molar-refractivity contribution >= 4 is 27.3 Å². The van der Waals surface area contributed by atoms with Gasteiger partial charge < -0.3 is 14.8 Å². The molecule has 1 N–H and O–H groups in total. The fourth-order valence-corrected chi connectivity index (χ4v) is 5.13. The molecular weight excluding hydrogens is 438 g/mol. The SMILES string of the molecule is COc1ccc(S(=O)(=O)N2CCC[C@@H](C(=O)Nc3cc([N+](=O)[O-])ccc3C)C2)cc1OC. The minimum absolute atomic E-state index is 0.0104. The molecule has 0 unspecified atom stereocenters. The number of hydrogen-bond acceptors (Lipinski definition) is 7. The molecule has 2 aromatic carbocycles. The van der Waals surface area contributed by atoms with E-state index in [0.717, 1.165) is 0 Å². The van der Waals surface area contributed by atoms with Crippen LogP contribution in [0.15, 0.2) is 41.3 Å². The van der Waals surface area contributed by atoms with Gasteiger partial charge in [0.1, 0.15) is 0 Å². The first-order valence-corrected chi connectivity index (χ1v) is 11.4. The number of anilines is 1. The molecule has 1 saturated heterocycles. The number of benzene rings is 2. The van der Waals surface area contributed by atoms with E-state index >= 15 is 0 Å². The first-order valence-electron chi connectivity index (χ1n) is 9.95. The third kappa shape index (κ3) is 4.83. The van der Waals surface area contributed by atoms with Gasteiger partial charge in [-0.2, -0.15) is 4.31 Å². The Hall–Kier alpha value is -3.18. The van der Waals surface area contributed by atoms with Crippen LogP contribution < -0.4 is 14.8 Å². The number of aryl methyl sites for hydroxylation is 1. The van der Waals surface area contributed by atoms with E-state index in [1.807, 2.05) is 0 Å². The molecule has 1 atom stereocenters. The summed E-state index contributed by atoms with van der Waals surface area (Å²) in [5, 5.41) is 13.7. The van der Waals surface area contributed by atoms with Crippen LogP contribution in [-0.4, -0.2) is 50.9 Å². The Morgan fingerprint density at radius 1 is 1.16 bits per heavy atom. The van der Waals surface area contributed by atoms with Crippen molar-refractivity contribution in [2.75, 3.05) is 32.6 Å². The molecule has 0 aromatic heterocycles. The normalized spacial score (nSPS) is 16.9. The van der Waals surface area contributed by atoms with Gasteiger partial charge in [-0.15, -0.1) is 0 Å². The van der Waals surface area contributed by atoms with Gasteiger partial charge in [0, 0.05) is 31.3 Å². The highest BCUT2D eigenvalue weighted by molar-refractivity contribution is 7.89. The third-order valence-corrected chi connectivity index (χ3v) is 7.30. The standard InChI is InChI=1S/C21H25N3O7S/c1-14-6-7-16(24(26)27)11-18(14)22-21(25)15-5-4-10-23(13-15)32(28,29)17-8-9-19(30-2)20(12-17)31-3/h6-9,11-12,15H,4-5,10,13H2,1-3H3,(H,22,25)/t15-/m1/s1. The van der Waals surface area contributed by atoms with Crippen molar-refractivity contribution in [3.63, 3.8) is 0 Å². The molecule has 1 heterocycles. The number of nitrogens with one attached hydrogen (secondary N) is 1. The molecule has 0 radical (unpaired) electrons. The van der Waals surface area contributed by atoms with Crippen molar-refractivity contribution in [1.82, 2.24) is 4.31 Å². The van der Waals surface area contributed by atoms with Gasteiger partial charge in [-0.05, 0) is 37.5 Å². The van der Waals surface area contributed by atoms with Crippen LogP contribution in [-0.2, 0) is 14.8 Å². The zero-order valence-electron chi connectivity index (χ0n) is 18.0. The minimum atomic E-state index is -3.86. The lowest BCUT2D eigenvalue weighted by atomic mass is 9.98. The van der Waals surface area contributed by atoms with E-state index in [-0.39, 0.29) is 29.6 Å². The number of nitro benzene ring substituents is 1. The van der Waals surface area contributed by atoms with E-state index < -0.39 is 20.9 Å². The number of hydrogen-bond donors (Lipinski definition) is 1. The zero-order valence-corrected chi connectivity index (χ0v) is 18.8. The van der Waals surface area contributed by atoms with E-state index in [9.17, 15) is 23.3 Å². The van der Waals surface area contributed by atoms with Crippen LogP contribution in [0.4, 0.5) is 11.4 Å². The molecule has 32 heavy (non-hydrogen) atoms. The average Bonchev–Trinajstić information content (AvgIpc) is 2.79. The van der Waals surface area contributed by atoms with Gasteiger partial charge in [0.15, 0.2) is 11.5 Å². The highest BCUT2D eigenvalue weighted by Gasteiger charge is 2.34. The molecule has 3 rings (SSSR count). The van der Waals surface area contributed by atoms with Crippen molar-refractivity contribution < 1.29 is 27.6 Å². The van der Waals surface area contributed by atoms with Crippen molar-refractivity contribution in [3.05, 3.63) is 52.1 Å². The summed E-state index contributed by atoms with van der Waals surface area (Å²) in [5.74, 6) is -0.256. The molecule has 10 nitrogen and oxygen atoms in total. The number of piperidine rings is 1. The summed E-state index contributed by atoms with van der Waals surface area (Å²) in [6, 6.07) is 8.57. The lowest BCUT2D eigenvalue weighted by Gasteiger charge is -2.31. The van der Waals surface area contributed by atoms with Gasteiger partial charge in [-0.3, -0.25) is 14.9 Å². The second-order valence-electron chi connectivity index (χ2n) is 7.46. The van der Waals surface area contributed by atoms with Gasteiger partial charge in [-0.1, -0.05) is 6.07 Å². The van der Waals surface area contributed by atoms with E-state index in [0.29, 0.717) is 35.6 Å². The second-order valence-corrected chi connectivity index (χ2v) is 9.40. The highest BCUT2D eigenvalue weighted by atomic mass is 32.2. The first kappa shape index (κ1) is 23.5. The van der Waals surface area contributed by atoms with Gasteiger partial charge in [0.25, 0.3) is 5.69 Å². The van der Waals surface area contributed by atoms with Crippen LogP contribution in [0, 0.1) is 23.0 Å². The monoisotopic (exact) mass is 463 g/mol. The molecule has 0 spiro atoms.